The Kier molecular flexibility index (Phi) is 3.12. The van der Waals surface area contributed by atoms with Gasteiger partial charge in [0.15, 0.2) is 0 Å². The van der Waals surface area contributed by atoms with E-state index in [4.69, 9.17) is 4.74 Å². The number of carbonyl (C=O) groups is 1. The Morgan fingerprint density at radius 2 is 1.76 bits per heavy atom. The third-order valence-electron chi connectivity index (χ3n) is 5.34. The summed E-state index contributed by atoms with van der Waals surface area (Å²) in [5.41, 5.74) is 0. The molecule has 3 unspecified atom stereocenters. The number of esters is 1. The van der Waals surface area contributed by atoms with E-state index < -0.39 is 0 Å². The molecular weight excluding hydrogens is 214 g/mol. The molecule has 0 bridgehead atoms. The Balaban J connectivity index is 1.53. The monoisotopic (exact) mass is 237 g/mol. The van der Waals surface area contributed by atoms with E-state index in [1.165, 1.54) is 32.8 Å². The summed E-state index contributed by atoms with van der Waals surface area (Å²) in [6.07, 6.45) is 7.78. The lowest BCUT2D eigenvalue weighted by atomic mass is 9.74. The van der Waals surface area contributed by atoms with E-state index in [9.17, 15) is 4.79 Å². The van der Waals surface area contributed by atoms with Gasteiger partial charge in [-0.2, -0.15) is 0 Å². The maximum Gasteiger partial charge on any atom is 0.308 e. The summed E-state index contributed by atoms with van der Waals surface area (Å²) in [4.78, 5) is 14.1. The third-order valence-corrected chi connectivity index (χ3v) is 5.34. The minimum absolute atomic E-state index is 0.00223. The first kappa shape index (κ1) is 11.5. The first-order chi connectivity index (χ1) is 8.29. The topological polar surface area (TPSA) is 29.5 Å². The molecule has 2 saturated carbocycles. The molecule has 1 aliphatic heterocycles. The van der Waals surface area contributed by atoms with Gasteiger partial charge in [0, 0.05) is 6.04 Å². The fraction of sp³-hybridized carbons (Fsp3) is 0.929. The molecule has 3 nitrogen and oxygen atoms in total. The highest BCUT2D eigenvalue weighted by atomic mass is 16.5. The number of fused-ring (bicyclic) bond motifs is 1. The van der Waals surface area contributed by atoms with Crippen molar-refractivity contribution in [3.63, 3.8) is 0 Å². The van der Waals surface area contributed by atoms with Crippen molar-refractivity contribution in [2.75, 3.05) is 20.2 Å². The van der Waals surface area contributed by atoms with E-state index in [1.54, 1.807) is 0 Å². The molecule has 3 heteroatoms. The minimum atomic E-state index is -0.00223. The minimum Gasteiger partial charge on any atom is -0.469 e. The molecule has 1 heterocycles. The van der Waals surface area contributed by atoms with Crippen LogP contribution in [-0.2, 0) is 9.53 Å². The van der Waals surface area contributed by atoms with Crippen LogP contribution in [0.4, 0.5) is 0 Å². The maximum absolute atomic E-state index is 11.5. The number of carbonyl (C=O) groups excluding carboxylic acids is 1. The predicted molar refractivity (Wildman–Crippen MR) is 65.5 cm³/mol. The largest absolute Gasteiger partial charge is 0.469 e. The highest BCUT2D eigenvalue weighted by molar-refractivity contribution is 5.72. The van der Waals surface area contributed by atoms with Gasteiger partial charge in [-0.25, -0.2) is 0 Å². The molecule has 0 aromatic rings. The van der Waals surface area contributed by atoms with Gasteiger partial charge in [-0.1, -0.05) is 0 Å². The van der Waals surface area contributed by atoms with Gasteiger partial charge in [0.1, 0.15) is 0 Å². The first-order valence-corrected chi connectivity index (χ1v) is 7.11. The van der Waals surface area contributed by atoms with Gasteiger partial charge in [-0.3, -0.25) is 4.79 Å². The number of rotatable bonds is 2. The summed E-state index contributed by atoms with van der Waals surface area (Å²) < 4.78 is 4.84. The van der Waals surface area contributed by atoms with Crippen molar-refractivity contribution in [2.24, 2.45) is 17.8 Å². The number of hydrogen-bond donors (Lipinski definition) is 0. The van der Waals surface area contributed by atoms with Crippen molar-refractivity contribution < 1.29 is 9.53 Å². The zero-order valence-corrected chi connectivity index (χ0v) is 10.7. The van der Waals surface area contributed by atoms with Crippen molar-refractivity contribution in [3.8, 4) is 0 Å². The SMILES string of the molecule is COC(=O)C1CCN(C2CCC3CCC32)CC1. The number of ether oxygens (including phenoxy) is 1. The number of likely N-dealkylation sites (tertiary alicyclic amines) is 1. The summed E-state index contributed by atoms with van der Waals surface area (Å²) in [6.45, 7) is 2.21. The summed E-state index contributed by atoms with van der Waals surface area (Å²) in [6, 6.07) is 0.840. The summed E-state index contributed by atoms with van der Waals surface area (Å²) >= 11 is 0. The lowest BCUT2D eigenvalue weighted by molar-refractivity contribution is -0.147. The molecule has 96 valence electrons. The van der Waals surface area contributed by atoms with Gasteiger partial charge < -0.3 is 9.64 Å². The molecule has 3 aliphatic rings. The molecule has 0 radical (unpaired) electrons. The fourth-order valence-corrected chi connectivity index (χ4v) is 4.15. The molecule has 0 spiro atoms. The van der Waals surface area contributed by atoms with Crippen LogP contribution in [-0.4, -0.2) is 37.1 Å². The van der Waals surface area contributed by atoms with Crippen molar-refractivity contribution in [1.29, 1.82) is 0 Å². The lowest BCUT2D eigenvalue weighted by Crippen LogP contribution is -2.46. The van der Waals surface area contributed by atoms with E-state index in [1.807, 2.05) is 0 Å². The second-order valence-corrected chi connectivity index (χ2v) is 5.98. The van der Waals surface area contributed by atoms with Crippen molar-refractivity contribution >= 4 is 5.97 Å². The van der Waals surface area contributed by atoms with Gasteiger partial charge in [0.25, 0.3) is 0 Å². The van der Waals surface area contributed by atoms with E-state index >= 15 is 0 Å². The van der Waals surface area contributed by atoms with Crippen LogP contribution in [0.1, 0.15) is 38.5 Å². The smallest absolute Gasteiger partial charge is 0.308 e. The predicted octanol–water partition coefficient (Wildman–Crippen LogP) is 2.06. The Morgan fingerprint density at radius 1 is 1.06 bits per heavy atom. The average molecular weight is 237 g/mol. The number of methoxy groups -OCH3 is 1. The van der Waals surface area contributed by atoms with Crippen molar-refractivity contribution in [3.05, 3.63) is 0 Å². The standard InChI is InChI=1S/C14H23NO2/c1-17-14(16)11-6-8-15(9-7-11)13-5-3-10-2-4-12(10)13/h10-13H,2-9H2,1H3. The molecule has 0 amide bonds. The number of hydrogen-bond acceptors (Lipinski definition) is 3. The van der Waals surface area contributed by atoms with E-state index in [0.29, 0.717) is 0 Å². The van der Waals surface area contributed by atoms with Crippen LogP contribution in [0.25, 0.3) is 0 Å². The molecule has 0 aromatic heterocycles. The van der Waals surface area contributed by atoms with Crippen molar-refractivity contribution in [2.45, 2.75) is 44.6 Å². The Bertz CT molecular complexity index is 297. The molecule has 17 heavy (non-hydrogen) atoms. The zero-order valence-electron chi connectivity index (χ0n) is 10.7. The summed E-state index contributed by atoms with van der Waals surface area (Å²) in [5, 5.41) is 0. The highest BCUT2D eigenvalue weighted by Gasteiger charge is 2.45. The van der Waals surface area contributed by atoms with Crippen molar-refractivity contribution in [1.82, 2.24) is 4.90 Å². The first-order valence-electron chi connectivity index (χ1n) is 7.11. The Hall–Kier alpha value is -0.570. The molecule has 0 N–H and O–H groups in total. The lowest BCUT2D eigenvalue weighted by Gasteiger charge is -2.42. The number of piperidine rings is 1. The molecule has 3 rings (SSSR count). The second kappa shape index (κ2) is 4.60. The van der Waals surface area contributed by atoms with Crippen LogP contribution in [0.5, 0.6) is 0 Å². The third kappa shape index (κ3) is 1.99. The Labute approximate surface area is 104 Å². The van der Waals surface area contributed by atoms with Crippen LogP contribution in [0, 0.1) is 17.8 Å². The summed E-state index contributed by atoms with van der Waals surface area (Å²) in [7, 11) is 1.50. The average Bonchev–Trinajstić information content (AvgIpc) is 2.63. The molecule has 3 atom stereocenters. The summed E-state index contributed by atoms with van der Waals surface area (Å²) in [5.74, 6) is 2.19. The van der Waals surface area contributed by atoms with E-state index in [0.717, 1.165) is 43.8 Å². The maximum atomic E-state index is 11.5. The van der Waals surface area contributed by atoms with Crippen LogP contribution < -0.4 is 0 Å². The van der Waals surface area contributed by atoms with Crippen LogP contribution in [0.3, 0.4) is 0 Å². The zero-order chi connectivity index (χ0) is 11.8. The van der Waals surface area contributed by atoms with Crippen LogP contribution >= 0.6 is 0 Å². The van der Waals surface area contributed by atoms with Gasteiger partial charge in [-0.05, 0) is 63.5 Å². The molecule has 1 saturated heterocycles. The van der Waals surface area contributed by atoms with Gasteiger partial charge in [-0.15, -0.1) is 0 Å². The number of nitrogens with zero attached hydrogens (tertiary/aromatic N) is 1. The molecular formula is C14H23NO2. The van der Waals surface area contributed by atoms with Crippen LogP contribution in [0.2, 0.25) is 0 Å². The quantitative estimate of drug-likeness (QED) is 0.689. The van der Waals surface area contributed by atoms with E-state index in [-0.39, 0.29) is 11.9 Å². The fourth-order valence-electron chi connectivity index (χ4n) is 4.15. The highest BCUT2D eigenvalue weighted by Crippen LogP contribution is 2.49. The second-order valence-electron chi connectivity index (χ2n) is 5.98. The normalized spacial score (nSPS) is 38.5. The van der Waals surface area contributed by atoms with Gasteiger partial charge in [0.2, 0.25) is 0 Å². The molecule has 3 fully saturated rings. The molecule has 2 aliphatic carbocycles. The van der Waals surface area contributed by atoms with Gasteiger partial charge >= 0.3 is 5.97 Å². The molecule has 0 aromatic carbocycles. The Morgan fingerprint density at radius 3 is 2.29 bits per heavy atom. The van der Waals surface area contributed by atoms with Gasteiger partial charge in [0.05, 0.1) is 13.0 Å². The van der Waals surface area contributed by atoms with E-state index in [2.05, 4.69) is 4.90 Å². The van der Waals surface area contributed by atoms with Crippen LogP contribution in [0.15, 0.2) is 0 Å².